The lowest BCUT2D eigenvalue weighted by Crippen LogP contribution is -2.11. The fourth-order valence-corrected chi connectivity index (χ4v) is 2.50. The van der Waals surface area contributed by atoms with Crippen molar-refractivity contribution in [1.29, 1.82) is 0 Å². The van der Waals surface area contributed by atoms with Gasteiger partial charge in [-0.1, -0.05) is 47.5 Å². The molecule has 3 aromatic rings. The Bertz CT molecular complexity index is 786. The molecule has 0 aliphatic heterocycles. The van der Waals surface area contributed by atoms with E-state index in [0.717, 1.165) is 22.3 Å². The summed E-state index contributed by atoms with van der Waals surface area (Å²) in [6, 6.07) is 15.0. The Morgan fingerprint density at radius 2 is 1.36 bits per heavy atom. The molecule has 1 aromatic heterocycles. The minimum atomic E-state index is 0.495. The normalized spacial score (nSPS) is 10.5. The van der Waals surface area contributed by atoms with Crippen LogP contribution in [0.15, 0.2) is 54.7 Å². The highest BCUT2D eigenvalue weighted by molar-refractivity contribution is 6.31. The average molecular weight is 331 g/mol. The van der Waals surface area contributed by atoms with Gasteiger partial charge >= 0.3 is 0 Å². The van der Waals surface area contributed by atoms with Gasteiger partial charge in [-0.05, 0) is 35.4 Å². The van der Waals surface area contributed by atoms with Gasteiger partial charge in [0.1, 0.15) is 0 Å². The molecule has 0 aliphatic carbocycles. The molecule has 2 aromatic carbocycles. The first-order valence-electron chi connectivity index (χ1n) is 6.53. The van der Waals surface area contributed by atoms with E-state index in [0.29, 0.717) is 15.9 Å². The summed E-state index contributed by atoms with van der Waals surface area (Å²) >= 11 is 11.9. The number of hydrogen-bond donors (Lipinski definition) is 2. The van der Waals surface area contributed by atoms with Crippen LogP contribution in [0, 0.1) is 0 Å². The summed E-state index contributed by atoms with van der Waals surface area (Å²) < 4.78 is 0. The molecule has 1 heterocycles. The van der Waals surface area contributed by atoms with Crippen molar-refractivity contribution in [2.45, 2.75) is 0 Å². The molecule has 110 valence electrons. The van der Waals surface area contributed by atoms with Gasteiger partial charge in [-0.15, -0.1) is 5.10 Å². The van der Waals surface area contributed by atoms with Crippen molar-refractivity contribution < 1.29 is 0 Å². The number of nitrogens with two attached hydrogens (primary N) is 1. The molecule has 0 aliphatic rings. The number of nitrogens with zero attached hydrogens (tertiary/aromatic N) is 2. The lowest BCUT2D eigenvalue weighted by molar-refractivity contribution is 1.02. The van der Waals surface area contributed by atoms with E-state index in [-0.39, 0.29) is 0 Å². The third kappa shape index (κ3) is 2.90. The second-order valence-electron chi connectivity index (χ2n) is 4.64. The zero-order valence-corrected chi connectivity index (χ0v) is 12.9. The molecule has 6 heteroatoms. The largest absolute Gasteiger partial charge is 0.306 e. The number of nitrogen functional groups attached to an aromatic ring is 1. The summed E-state index contributed by atoms with van der Waals surface area (Å²) in [5, 5.41) is 9.41. The van der Waals surface area contributed by atoms with Crippen LogP contribution >= 0.6 is 23.2 Å². The summed E-state index contributed by atoms with van der Waals surface area (Å²) in [7, 11) is 0. The van der Waals surface area contributed by atoms with E-state index in [2.05, 4.69) is 15.6 Å². The van der Waals surface area contributed by atoms with Gasteiger partial charge in [-0.2, -0.15) is 5.10 Å². The molecule has 0 unspecified atom stereocenters. The van der Waals surface area contributed by atoms with Crippen LogP contribution in [0.3, 0.4) is 0 Å². The summed E-state index contributed by atoms with van der Waals surface area (Å²) in [6.07, 6.45) is 1.70. The number of halogens is 2. The van der Waals surface area contributed by atoms with E-state index in [1.165, 1.54) is 0 Å². The molecule has 0 atom stereocenters. The Labute approximate surface area is 137 Å². The standard InChI is InChI=1S/C16H12Cl2N4/c17-12-5-1-10(2-6-12)14-9-20-22-16(21-19)15(14)11-3-7-13(18)8-4-11/h1-9H,19H2,(H,21,22). The van der Waals surface area contributed by atoms with Crippen molar-refractivity contribution in [2.75, 3.05) is 5.43 Å². The maximum Gasteiger partial charge on any atom is 0.171 e. The predicted molar refractivity (Wildman–Crippen MR) is 90.7 cm³/mol. The zero-order valence-electron chi connectivity index (χ0n) is 11.4. The topological polar surface area (TPSA) is 63.8 Å². The van der Waals surface area contributed by atoms with Crippen LogP contribution in [0.1, 0.15) is 0 Å². The molecule has 0 saturated carbocycles. The van der Waals surface area contributed by atoms with Crippen molar-refractivity contribution in [2.24, 2.45) is 5.84 Å². The third-order valence-electron chi connectivity index (χ3n) is 3.28. The first kappa shape index (κ1) is 14.8. The van der Waals surface area contributed by atoms with Crippen molar-refractivity contribution in [3.63, 3.8) is 0 Å². The number of hydrazine groups is 1. The monoisotopic (exact) mass is 330 g/mol. The SMILES string of the molecule is NNc1nncc(-c2ccc(Cl)cc2)c1-c1ccc(Cl)cc1. The van der Waals surface area contributed by atoms with Gasteiger partial charge in [0.25, 0.3) is 0 Å². The maximum absolute atomic E-state index is 5.96. The summed E-state index contributed by atoms with van der Waals surface area (Å²) in [5.74, 6) is 6.08. The quantitative estimate of drug-likeness (QED) is 0.551. The van der Waals surface area contributed by atoms with Crippen molar-refractivity contribution in [3.05, 3.63) is 64.8 Å². The molecule has 0 radical (unpaired) electrons. The first-order chi connectivity index (χ1) is 10.7. The highest BCUT2D eigenvalue weighted by atomic mass is 35.5. The molecule has 0 fully saturated rings. The van der Waals surface area contributed by atoms with E-state index < -0.39 is 0 Å². The number of benzene rings is 2. The number of anilines is 1. The van der Waals surface area contributed by atoms with Crippen LogP contribution in [-0.4, -0.2) is 10.2 Å². The van der Waals surface area contributed by atoms with Crippen molar-refractivity contribution in [1.82, 2.24) is 10.2 Å². The Morgan fingerprint density at radius 3 is 1.91 bits per heavy atom. The Hall–Kier alpha value is -2.14. The van der Waals surface area contributed by atoms with Gasteiger partial charge in [0.05, 0.1) is 6.20 Å². The molecule has 3 N–H and O–H groups in total. The lowest BCUT2D eigenvalue weighted by Gasteiger charge is -2.13. The summed E-state index contributed by atoms with van der Waals surface area (Å²) in [6.45, 7) is 0. The van der Waals surface area contributed by atoms with E-state index in [4.69, 9.17) is 29.0 Å². The smallest absolute Gasteiger partial charge is 0.171 e. The minimum Gasteiger partial charge on any atom is -0.306 e. The molecule has 0 saturated heterocycles. The van der Waals surface area contributed by atoms with E-state index in [1.807, 2.05) is 48.5 Å². The van der Waals surface area contributed by atoms with Crippen LogP contribution in [0.5, 0.6) is 0 Å². The number of nitrogens with one attached hydrogen (secondary N) is 1. The van der Waals surface area contributed by atoms with Crippen LogP contribution in [0.25, 0.3) is 22.3 Å². The Balaban J connectivity index is 2.22. The first-order valence-corrected chi connectivity index (χ1v) is 7.29. The molecule has 4 nitrogen and oxygen atoms in total. The number of aromatic nitrogens is 2. The Morgan fingerprint density at radius 1 is 0.818 bits per heavy atom. The maximum atomic E-state index is 5.96. The van der Waals surface area contributed by atoms with Crippen LogP contribution in [0.4, 0.5) is 5.82 Å². The lowest BCUT2D eigenvalue weighted by atomic mass is 9.97. The fourth-order valence-electron chi connectivity index (χ4n) is 2.24. The zero-order chi connectivity index (χ0) is 15.5. The molecule has 3 rings (SSSR count). The predicted octanol–water partition coefficient (Wildman–Crippen LogP) is 4.40. The van der Waals surface area contributed by atoms with Crippen molar-refractivity contribution in [3.8, 4) is 22.3 Å². The second-order valence-corrected chi connectivity index (χ2v) is 5.51. The van der Waals surface area contributed by atoms with Crippen LogP contribution in [-0.2, 0) is 0 Å². The highest BCUT2D eigenvalue weighted by Crippen LogP contribution is 2.36. The Kier molecular flexibility index (Phi) is 4.24. The van der Waals surface area contributed by atoms with Gasteiger partial charge in [-0.3, -0.25) is 0 Å². The van der Waals surface area contributed by atoms with Gasteiger partial charge in [0.15, 0.2) is 5.82 Å². The summed E-state index contributed by atoms with van der Waals surface area (Å²) in [5.41, 5.74) is 6.27. The fraction of sp³-hybridized carbons (Fsp3) is 0. The number of hydrogen-bond acceptors (Lipinski definition) is 4. The minimum absolute atomic E-state index is 0.495. The summed E-state index contributed by atoms with van der Waals surface area (Å²) in [4.78, 5) is 0. The van der Waals surface area contributed by atoms with Gasteiger partial charge in [-0.25, -0.2) is 5.84 Å². The van der Waals surface area contributed by atoms with Gasteiger partial charge in [0.2, 0.25) is 0 Å². The number of rotatable bonds is 3. The molecular formula is C16H12Cl2N4. The molecule has 0 amide bonds. The van der Waals surface area contributed by atoms with Gasteiger partial charge in [0, 0.05) is 21.2 Å². The molecule has 22 heavy (non-hydrogen) atoms. The van der Waals surface area contributed by atoms with Gasteiger partial charge < -0.3 is 5.43 Å². The second kappa shape index (κ2) is 6.32. The van der Waals surface area contributed by atoms with Crippen molar-refractivity contribution >= 4 is 29.0 Å². The highest BCUT2D eigenvalue weighted by Gasteiger charge is 2.14. The molecule has 0 bridgehead atoms. The van der Waals surface area contributed by atoms with E-state index in [1.54, 1.807) is 6.20 Å². The average Bonchev–Trinajstić information content (AvgIpc) is 2.56. The van der Waals surface area contributed by atoms with E-state index >= 15 is 0 Å². The molecular weight excluding hydrogens is 319 g/mol. The molecule has 0 spiro atoms. The van der Waals surface area contributed by atoms with Crippen LogP contribution in [0.2, 0.25) is 10.0 Å². The third-order valence-corrected chi connectivity index (χ3v) is 3.78. The van der Waals surface area contributed by atoms with E-state index in [9.17, 15) is 0 Å². The van der Waals surface area contributed by atoms with Crippen LogP contribution < -0.4 is 11.3 Å².